The normalized spacial score (nSPS) is 13.2. The second kappa shape index (κ2) is 32.6. The van der Waals surface area contributed by atoms with Gasteiger partial charge in [0.1, 0.15) is 0 Å². The summed E-state index contributed by atoms with van der Waals surface area (Å²) < 4.78 is 5.09. The average Bonchev–Trinajstić information content (AvgIpc) is 2.96. The predicted octanol–water partition coefficient (Wildman–Crippen LogP) is 9.19. The van der Waals surface area contributed by atoms with Crippen molar-refractivity contribution in [2.75, 3.05) is 20.3 Å². The van der Waals surface area contributed by atoms with Gasteiger partial charge in [-0.2, -0.15) is 0 Å². The van der Waals surface area contributed by atoms with Crippen LogP contribution in [-0.4, -0.2) is 48.6 Å². The van der Waals surface area contributed by atoms with Gasteiger partial charge >= 0.3 is 0 Å². The zero-order valence-electron chi connectivity index (χ0n) is 26.8. The molecule has 0 aliphatic carbocycles. The van der Waals surface area contributed by atoms with E-state index in [2.05, 4.69) is 12.2 Å². The van der Waals surface area contributed by atoms with Crippen LogP contribution >= 0.6 is 0 Å². The van der Waals surface area contributed by atoms with E-state index in [1.54, 1.807) is 13.2 Å². The van der Waals surface area contributed by atoms with Gasteiger partial charge in [-0.3, -0.25) is 4.79 Å². The number of aliphatic hydroxyl groups is 2. The summed E-state index contributed by atoms with van der Waals surface area (Å²) in [7, 11) is 1.77. The van der Waals surface area contributed by atoms with Crippen molar-refractivity contribution in [2.24, 2.45) is 0 Å². The van der Waals surface area contributed by atoms with Crippen molar-refractivity contribution in [2.45, 2.75) is 186 Å². The first-order valence-electron chi connectivity index (χ1n) is 17.4. The molecule has 0 aromatic carbocycles. The van der Waals surface area contributed by atoms with E-state index in [9.17, 15) is 15.0 Å². The Morgan fingerprint density at radius 2 is 1.10 bits per heavy atom. The Hall–Kier alpha value is -0.910. The number of allylic oxidation sites excluding steroid dienone is 1. The Kier molecular flexibility index (Phi) is 31.9. The minimum atomic E-state index is -0.836. The van der Waals surface area contributed by atoms with Gasteiger partial charge in [0.25, 0.3) is 0 Å². The van der Waals surface area contributed by atoms with Gasteiger partial charge in [0.2, 0.25) is 5.91 Å². The van der Waals surface area contributed by atoms with Crippen molar-refractivity contribution in [3.05, 3.63) is 12.2 Å². The fourth-order valence-corrected chi connectivity index (χ4v) is 5.29. The molecular formula is C35H69NO4. The summed E-state index contributed by atoms with van der Waals surface area (Å²) in [5.41, 5.74) is 0. The van der Waals surface area contributed by atoms with Crippen LogP contribution in [0.2, 0.25) is 0 Å². The molecule has 0 rings (SSSR count). The minimum absolute atomic E-state index is 0.0703. The fourth-order valence-electron chi connectivity index (χ4n) is 5.29. The molecule has 0 aromatic heterocycles. The molecule has 0 saturated heterocycles. The lowest BCUT2D eigenvalue weighted by Crippen LogP contribution is -2.45. The van der Waals surface area contributed by atoms with Crippen molar-refractivity contribution in [1.82, 2.24) is 5.32 Å². The molecular weight excluding hydrogens is 498 g/mol. The van der Waals surface area contributed by atoms with E-state index < -0.39 is 12.1 Å². The number of amides is 1. The highest BCUT2D eigenvalue weighted by Gasteiger charge is 2.17. The molecule has 0 bridgehead atoms. The highest BCUT2D eigenvalue weighted by Crippen LogP contribution is 2.14. The molecule has 0 fully saturated rings. The Morgan fingerprint density at radius 1 is 0.675 bits per heavy atom. The van der Waals surface area contributed by atoms with E-state index in [0.717, 1.165) is 32.3 Å². The second-order valence-electron chi connectivity index (χ2n) is 11.9. The largest absolute Gasteiger partial charge is 0.394 e. The summed E-state index contributed by atoms with van der Waals surface area (Å²) in [5, 5.41) is 22.8. The van der Waals surface area contributed by atoms with E-state index in [0.29, 0.717) is 6.42 Å². The van der Waals surface area contributed by atoms with Gasteiger partial charge in [0.15, 0.2) is 0 Å². The standard InChI is InChI=1S/C35H69NO4/c1-3-4-5-6-7-8-9-11-14-17-20-23-26-29-34(38)33(32-37)36-35(39)30-27-24-21-18-15-12-10-13-16-19-22-25-28-31-40-2/h26,29,33-34,37-38H,3-25,27-28,30-32H2,1-2H3,(H,36,39)/t33-,34+/m0/s1. The number of carbonyl (C=O) groups is 1. The lowest BCUT2D eigenvalue weighted by Gasteiger charge is -2.20. The number of nitrogens with one attached hydrogen (secondary N) is 1. The Bertz CT molecular complexity index is 539. The van der Waals surface area contributed by atoms with Gasteiger partial charge in [-0.25, -0.2) is 0 Å². The highest BCUT2D eigenvalue weighted by molar-refractivity contribution is 5.76. The van der Waals surface area contributed by atoms with E-state index in [-0.39, 0.29) is 12.5 Å². The molecule has 40 heavy (non-hydrogen) atoms. The molecule has 0 unspecified atom stereocenters. The van der Waals surface area contributed by atoms with E-state index in [1.165, 1.54) is 135 Å². The molecule has 0 aromatic rings. The summed E-state index contributed by atoms with van der Waals surface area (Å²) in [4.78, 5) is 12.3. The second-order valence-corrected chi connectivity index (χ2v) is 11.9. The molecule has 1 amide bonds. The van der Waals surface area contributed by atoms with Gasteiger partial charge in [-0.1, -0.05) is 154 Å². The first-order chi connectivity index (χ1) is 19.7. The summed E-state index contributed by atoms with van der Waals surface area (Å²) in [6, 6.07) is -0.619. The van der Waals surface area contributed by atoms with Crippen molar-refractivity contribution < 1.29 is 19.7 Å². The van der Waals surface area contributed by atoms with E-state index in [4.69, 9.17) is 4.74 Å². The highest BCUT2D eigenvalue weighted by atomic mass is 16.5. The lowest BCUT2D eigenvalue weighted by atomic mass is 10.0. The molecule has 0 aliphatic rings. The number of carbonyl (C=O) groups excluding carboxylic acids is 1. The number of aliphatic hydroxyl groups excluding tert-OH is 2. The number of rotatable bonds is 32. The molecule has 0 saturated carbocycles. The zero-order valence-corrected chi connectivity index (χ0v) is 26.8. The smallest absolute Gasteiger partial charge is 0.220 e. The van der Waals surface area contributed by atoms with Crippen LogP contribution in [0.1, 0.15) is 174 Å². The van der Waals surface area contributed by atoms with Gasteiger partial charge < -0.3 is 20.3 Å². The lowest BCUT2D eigenvalue weighted by molar-refractivity contribution is -0.123. The van der Waals surface area contributed by atoms with Crippen LogP contribution in [0, 0.1) is 0 Å². The van der Waals surface area contributed by atoms with Crippen LogP contribution in [0.25, 0.3) is 0 Å². The average molecular weight is 568 g/mol. The Morgan fingerprint density at radius 3 is 1.55 bits per heavy atom. The Balaban J connectivity index is 3.60. The van der Waals surface area contributed by atoms with Crippen molar-refractivity contribution >= 4 is 5.91 Å². The minimum Gasteiger partial charge on any atom is -0.394 e. The SMILES string of the molecule is CCCCCCCCCCCCCC=C[C@@H](O)[C@H](CO)NC(=O)CCCCCCCCCCCCCCCOC. The third-order valence-electron chi connectivity index (χ3n) is 8.02. The van der Waals surface area contributed by atoms with Crippen molar-refractivity contribution in [3.63, 3.8) is 0 Å². The first kappa shape index (κ1) is 39.1. The number of ether oxygens (including phenoxy) is 1. The first-order valence-corrected chi connectivity index (χ1v) is 17.4. The van der Waals surface area contributed by atoms with Crippen LogP contribution in [-0.2, 0) is 9.53 Å². The maximum atomic E-state index is 12.3. The van der Waals surface area contributed by atoms with Gasteiger partial charge in [0, 0.05) is 20.1 Å². The molecule has 0 heterocycles. The fraction of sp³-hybridized carbons (Fsp3) is 0.914. The van der Waals surface area contributed by atoms with Crippen molar-refractivity contribution in [3.8, 4) is 0 Å². The maximum Gasteiger partial charge on any atom is 0.220 e. The molecule has 5 heteroatoms. The quantitative estimate of drug-likeness (QED) is 0.0559. The monoisotopic (exact) mass is 568 g/mol. The number of hydrogen-bond donors (Lipinski definition) is 3. The van der Waals surface area contributed by atoms with E-state index >= 15 is 0 Å². The molecule has 3 N–H and O–H groups in total. The molecule has 238 valence electrons. The number of hydrogen-bond acceptors (Lipinski definition) is 4. The van der Waals surface area contributed by atoms with Gasteiger partial charge in [-0.15, -0.1) is 0 Å². The third kappa shape index (κ3) is 28.6. The molecule has 2 atom stereocenters. The molecule has 0 radical (unpaired) electrons. The van der Waals surface area contributed by atoms with Crippen LogP contribution in [0.5, 0.6) is 0 Å². The van der Waals surface area contributed by atoms with Gasteiger partial charge in [0.05, 0.1) is 18.8 Å². The Labute approximate surface area is 249 Å². The number of methoxy groups -OCH3 is 1. The topological polar surface area (TPSA) is 78.8 Å². The van der Waals surface area contributed by atoms with Crippen LogP contribution in [0.15, 0.2) is 12.2 Å². The van der Waals surface area contributed by atoms with Crippen molar-refractivity contribution in [1.29, 1.82) is 0 Å². The summed E-state index contributed by atoms with van der Waals surface area (Å²) in [6.07, 6.45) is 35.1. The zero-order chi connectivity index (χ0) is 29.4. The summed E-state index contributed by atoms with van der Waals surface area (Å²) in [5.74, 6) is -0.0703. The maximum absolute atomic E-state index is 12.3. The molecule has 5 nitrogen and oxygen atoms in total. The third-order valence-corrected chi connectivity index (χ3v) is 8.02. The molecule has 0 aliphatic heterocycles. The van der Waals surface area contributed by atoms with Crippen LogP contribution in [0.3, 0.4) is 0 Å². The van der Waals surface area contributed by atoms with Gasteiger partial charge in [-0.05, 0) is 25.7 Å². The van der Waals surface area contributed by atoms with E-state index in [1.807, 2.05) is 6.08 Å². The predicted molar refractivity (Wildman–Crippen MR) is 172 cm³/mol. The summed E-state index contributed by atoms with van der Waals surface area (Å²) >= 11 is 0. The number of unbranched alkanes of at least 4 members (excludes halogenated alkanes) is 23. The summed E-state index contributed by atoms with van der Waals surface area (Å²) in [6.45, 7) is 2.91. The molecule has 0 spiro atoms. The van der Waals surface area contributed by atoms with Crippen LogP contribution in [0.4, 0.5) is 0 Å². The van der Waals surface area contributed by atoms with Crippen LogP contribution < -0.4 is 5.32 Å².